The van der Waals surface area contributed by atoms with Crippen LogP contribution in [0.25, 0.3) is 10.9 Å². The van der Waals surface area contributed by atoms with Crippen molar-refractivity contribution in [1.29, 1.82) is 0 Å². The minimum atomic E-state index is -0.340. The van der Waals surface area contributed by atoms with E-state index in [1.54, 1.807) is 12.1 Å². The van der Waals surface area contributed by atoms with Crippen LogP contribution in [0.5, 0.6) is 0 Å². The summed E-state index contributed by atoms with van der Waals surface area (Å²) in [7, 11) is 0. The maximum atomic E-state index is 12.7. The number of benzene rings is 1. The van der Waals surface area contributed by atoms with Crippen molar-refractivity contribution in [3.05, 3.63) is 45.1 Å². The third kappa shape index (κ3) is 3.23. The molecule has 0 bridgehead atoms. The Morgan fingerprint density at radius 1 is 1.17 bits per heavy atom. The summed E-state index contributed by atoms with van der Waals surface area (Å²) in [5, 5.41) is 0.552. The molecule has 1 saturated heterocycles. The minimum Gasteiger partial charge on any atom is -0.379 e. The van der Waals surface area contributed by atoms with Crippen LogP contribution in [0, 0.1) is 5.92 Å². The number of rotatable bonds is 4. The van der Waals surface area contributed by atoms with Crippen LogP contribution >= 0.6 is 0 Å². The first-order chi connectivity index (χ1) is 11.1. The molecule has 2 aromatic rings. The van der Waals surface area contributed by atoms with E-state index >= 15 is 0 Å². The highest BCUT2D eigenvalue weighted by molar-refractivity contribution is 5.76. The molecule has 6 heteroatoms. The molecule has 0 saturated carbocycles. The molecule has 2 heterocycles. The van der Waals surface area contributed by atoms with Gasteiger partial charge in [0.2, 0.25) is 0 Å². The summed E-state index contributed by atoms with van der Waals surface area (Å²) in [6.07, 6.45) is 0. The number of aromatic nitrogens is 2. The molecule has 0 aliphatic carbocycles. The highest BCUT2D eigenvalue weighted by atomic mass is 16.5. The van der Waals surface area contributed by atoms with Crippen molar-refractivity contribution in [2.45, 2.75) is 26.4 Å². The maximum Gasteiger partial charge on any atom is 0.328 e. The molecule has 124 valence electrons. The van der Waals surface area contributed by atoms with Gasteiger partial charge in [0.1, 0.15) is 0 Å². The van der Waals surface area contributed by atoms with Gasteiger partial charge in [0.15, 0.2) is 0 Å². The average Bonchev–Trinajstić information content (AvgIpc) is 2.55. The number of aromatic amines is 1. The summed E-state index contributed by atoms with van der Waals surface area (Å²) >= 11 is 0. The predicted octanol–water partition coefficient (Wildman–Crippen LogP) is 1.05. The van der Waals surface area contributed by atoms with Crippen LogP contribution in [0.1, 0.15) is 13.8 Å². The van der Waals surface area contributed by atoms with E-state index in [4.69, 9.17) is 4.74 Å². The van der Waals surface area contributed by atoms with Gasteiger partial charge in [0.25, 0.3) is 5.56 Å². The van der Waals surface area contributed by atoms with Crippen molar-refractivity contribution < 1.29 is 4.74 Å². The maximum absolute atomic E-state index is 12.7. The van der Waals surface area contributed by atoms with Gasteiger partial charge in [-0.3, -0.25) is 14.3 Å². The molecule has 0 amide bonds. The van der Waals surface area contributed by atoms with Gasteiger partial charge in [-0.1, -0.05) is 26.0 Å². The molecule has 0 radical (unpaired) electrons. The van der Waals surface area contributed by atoms with Crippen LogP contribution in [0.4, 0.5) is 0 Å². The molecule has 6 nitrogen and oxygen atoms in total. The van der Waals surface area contributed by atoms with E-state index in [-0.39, 0.29) is 17.3 Å². The zero-order chi connectivity index (χ0) is 16.4. The Bertz CT molecular complexity index is 788. The zero-order valence-corrected chi connectivity index (χ0v) is 13.6. The van der Waals surface area contributed by atoms with E-state index in [1.165, 1.54) is 4.57 Å². The normalized spacial score (nSPS) is 17.7. The topological polar surface area (TPSA) is 67.3 Å². The Balaban J connectivity index is 1.98. The highest BCUT2D eigenvalue weighted by Gasteiger charge is 2.25. The fourth-order valence-corrected chi connectivity index (χ4v) is 3.21. The summed E-state index contributed by atoms with van der Waals surface area (Å²) < 4.78 is 6.74. The Hall–Kier alpha value is -1.92. The Kier molecular flexibility index (Phi) is 4.63. The van der Waals surface area contributed by atoms with E-state index in [0.717, 1.165) is 13.1 Å². The first-order valence-corrected chi connectivity index (χ1v) is 8.11. The van der Waals surface area contributed by atoms with Crippen molar-refractivity contribution in [2.24, 2.45) is 5.92 Å². The standard InChI is InChI=1S/C17H23N3O3/c1-12(2)15(19-7-9-23-10-8-19)11-20-16(21)13-5-3-4-6-14(13)18-17(20)22/h3-6,12,15H,7-11H2,1-2H3,(H,18,22). The van der Waals surface area contributed by atoms with Gasteiger partial charge in [0, 0.05) is 25.7 Å². The van der Waals surface area contributed by atoms with E-state index in [9.17, 15) is 9.59 Å². The lowest BCUT2D eigenvalue weighted by atomic mass is 10.0. The number of ether oxygens (including phenoxy) is 1. The van der Waals surface area contributed by atoms with Crippen molar-refractivity contribution >= 4 is 10.9 Å². The summed E-state index contributed by atoms with van der Waals surface area (Å²) in [6, 6.07) is 7.27. The molecule has 1 unspecified atom stereocenters. The third-order valence-electron chi connectivity index (χ3n) is 4.54. The van der Waals surface area contributed by atoms with Gasteiger partial charge >= 0.3 is 5.69 Å². The van der Waals surface area contributed by atoms with Gasteiger partial charge in [-0.05, 0) is 18.1 Å². The molecule has 1 aliphatic heterocycles. The molecular weight excluding hydrogens is 294 g/mol. The van der Waals surface area contributed by atoms with Crippen molar-refractivity contribution in [2.75, 3.05) is 26.3 Å². The van der Waals surface area contributed by atoms with Crippen LogP contribution in [0.15, 0.2) is 33.9 Å². The molecule has 1 aromatic carbocycles. The summed E-state index contributed by atoms with van der Waals surface area (Å²) in [6.45, 7) is 7.72. The Morgan fingerprint density at radius 3 is 2.57 bits per heavy atom. The lowest BCUT2D eigenvalue weighted by Crippen LogP contribution is -2.50. The fraction of sp³-hybridized carbons (Fsp3) is 0.529. The van der Waals surface area contributed by atoms with E-state index < -0.39 is 0 Å². The van der Waals surface area contributed by atoms with E-state index in [1.807, 2.05) is 12.1 Å². The number of fused-ring (bicyclic) bond motifs is 1. The second-order valence-corrected chi connectivity index (χ2v) is 6.35. The largest absolute Gasteiger partial charge is 0.379 e. The second kappa shape index (κ2) is 6.68. The molecule has 1 atom stereocenters. The molecule has 1 aromatic heterocycles. The van der Waals surface area contributed by atoms with Gasteiger partial charge in [-0.25, -0.2) is 4.79 Å². The second-order valence-electron chi connectivity index (χ2n) is 6.35. The van der Waals surface area contributed by atoms with E-state index in [2.05, 4.69) is 23.7 Å². The number of morpholine rings is 1. The smallest absolute Gasteiger partial charge is 0.328 e. The monoisotopic (exact) mass is 317 g/mol. The molecule has 23 heavy (non-hydrogen) atoms. The Morgan fingerprint density at radius 2 is 1.87 bits per heavy atom. The van der Waals surface area contributed by atoms with Crippen LogP contribution < -0.4 is 11.2 Å². The highest BCUT2D eigenvalue weighted by Crippen LogP contribution is 2.14. The first kappa shape index (κ1) is 16.0. The Labute approximate surface area is 134 Å². The minimum absolute atomic E-state index is 0.138. The molecule has 1 fully saturated rings. The third-order valence-corrected chi connectivity index (χ3v) is 4.54. The molecule has 3 rings (SSSR count). The van der Waals surface area contributed by atoms with Crippen LogP contribution in [-0.2, 0) is 11.3 Å². The zero-order valence-electron chi connectivity index (χ0n) is 13.6. The van der Waals surface area contributed by atoms with Gasteiger partial charge in [0.05, 0.1) is 24.1 Å². The SMILES string of the molecule is CC(C)C(Cn1c(=O)[nH]c2ccccc2c1=O)N1CCOCC1. The molecule has 1 N–H and O–H groups in total. The van der Waals surface area contributed by atoms with Crippen molar-refractivity contribution in [3.63, 3.8) is 0 Å². The number of H-pyrrole nitrogens is 1. The van der Waals surface area contributed by atoms with Crippen LogP contribution in [0.2, 0.25) is 0 Å². The lowest BCUT2D eigenvalue weighted by Gasteiger charge is -2.36. The summed E-state index contributed by atoms with van der Waals surface area (Å²) in [5.41, 5.74) is 0.0297. The van der Waals surface area contributed by atoms with Crippen molar-refractivity contribution in [3.8, 4) is 0 Å². The number of nitrogens with one attached hydrogen (secondary N) is 1. The fourth-order valence-electron chi connectivity index (χ4n) is 3.21. The lowest BCUT2D eigenvalue weighted by molar-refractivity contribution is 0.00150. The van der Waals surface area contributed by atoms with Gasteiger partial charge in [-0.15, -0.1) is 0 Å². The quantitative estimate of drug-likeness (QED) is 0.915. The molecular formula is C17H23N3O3. The van der Waals surface area contributed by atoms with Crippen LogP contribution in [-0.4, -0.2) is 46.8 Å². The average molecular weight is 317 g/mol. The van der Waals surface area contributed by atoms with Gasteiger partial charge in [-0.2, -0.15) is 0 Å². The number of hydrogen-bond acceptors (Lipinski definition) is 4. The molecule has 1 aliphatic rings. The van der Waals surface area contributed by atoms with E-state index in [0.29, 0.717) is 36.6 Å². The number of para-hydroxylation sites is 1. The number of hydrogen-bond donors (Lipinski definition) is 1. The number of nitrogens with zero attached hydrogens (tertiary/aromatic N) is 2. The summed E-state index contributed by atoms with van der Waals surface area (Å²) in [5.74, 6) is 0.339. The van der Waals surface area contributed by atoms with Crippen LogP contribution in [0.3, 0.4) is 0 Å². The van der Waals surface area contributed by atoms with Crippen molar-refractivity contribution in [1.82, 2.24) is 14.5 Å². The first-order valence-electron chi connectivity index (χ1n) is 8.11. The molecule has 0 spiro atoms. The summed E-state index contributed by atoms with van der Waals surface area (Å²) in [4.78, 5) is 30.2. The van der Waals surface area contributed by atoms with Gasteiger partial charge < -0.3 is 9.72 Å². The predicted molar refractivity (Wildman–Crippen MR) is 89.8 cm³/mol.